The van der Waals surface area contributed by atoms with Crippen LogP contribution in [0.5, 0.6) is 0 Å². The molecule has 0 aliphatic carbocycles. The first-order chi connectivity index (χ1) is 13.2. The van der Waals surface area contributed by atoms with Gasteiger partial charge in [-0.2, -0.15) is 0 Å². The highest BCUT2D eigenvalue weighted by molar-refractivity contribution is 9.10. The van der Waals surface area contributed by atoms with Gasteiger partial charge in [-0.05, 0) is 52.3 Å². The number of nitrogens with one attached hydrogen (secondary N) is 1. The van der Waals surface area contributed by atoms with Crippen LogP contribution in [0, 0.1) is 0 Å². The third kappa shape index (κ3) is 4.20. The SMILES string of the molecule is CCN1CCN(c2cc(CNc3ccnc4cc(Br)cnc34)ccn2)CC1. The second-order valence-corrected chi connectivity index (χ2v) is 7.59. The number of nitrogens with zero attached hydrogens (tertiary/aromatic N) is 5. The van der Waals surface area contributed by atoms with E-state index in [2.05, 4.69) is 65.1 Å². The van der Waals surface area contributed by atoms with E-state index in [0.29, 0.717) is 0 Å². The molecule has 0 radical (unpaired) electrons. The molecule has 0 spiro atoms. The Morgan fingerprint density at radius 1 is 1.04 bits per heavy atom. The van der Waals surface area contributed by atoms with Gasteiger partial charge in [-0.15, -0.1) is 0 Å². The van der Waals surface area contributed by atoms with Crippen molar-refractivity contribution in [3.05, 3.63) is 52.9 Å². The first-order valence-corrected chi connectivity index (χ1v) is 10.1. The molecule has 0 bridgehead atoms. The number of hydrogen-bond acceptors (Lipinski definition) is 6. The zero-order chi connectivity index (χ0) is 18.6. The minimum atomic E-state index is 0.724. The number of rotatable bonds is 5. The Morgan fingerprint density at radius 2 is 1.85 bits per heavy atom. The number of aromatic nitrogens is 3. The number of anilines is 2. The second-order valence-electron chi connectivity index (χ2n) is 6.68. The summed E-state index contributed by atoms with van der Waals surface area (Å²) in [7, 11) is 0. The predicted molar refractivity (Wildman–Crippen MR) is 113 cm³/mol. The van der Waals surface area contributed by atoms with Crippen LogP contribution in [-0.2, 0) is 6.54 Å². The molecule has 4 rings (SSSR count). The van der Waals surface area contributed by atoms with Crippen molar-refractivity contribution in [1.82, 2.24) is 19.9 Å². The third-order valence-electron chi connectivity index (χ3n) is 4.98. The third-order valence-corrected chi connectivity index (χ3v) is 5.41. The number of pyridine rings is 3. The van der Waals surface area contributed by atoms with Crippen LogP contribution in [0.2, 0.25) is 0 Å². The number of hydrogen-bond donors (Lipinski definition) is 1. The predicted octanol–water partition coefficient (Wildman–Crippen LogP) is 3.54. The summed E-state index contributed by atoms with van der Waals surface area (Å²) in [6.45, 7) is 8.33. The summed E-state index contributed by atoms with van der Waals surface area (Å²) in [6.07, 6.45) is 5.51. The zero-order valence-corrected chi connectivity index (χ0v) is 17.0. The Balaban J connectivity index is 1.46. The summed E-state index contributed by atoms with van der Waals surface area (Å²) in [5.74, 6) is 1.06. The molecule has 1 saturated heterocycles. The molecular formula is C20H23BrN6. The lowest BCUT2D eigenvalue weighted by Gasteiger charge is -2.34. The standard InChI is InChI=1S/C20H23BrN6/c1-2-26-7-9-27(10-8-26)19-11-15(3-5-23-19)13-24-17-4-6-22-18-12-16(21)14-25-20(17)18/h3-6,11-12,14H,2,7-10,13H2,1H3,(H,22,24). The van der Waals surface area contributed by atoms with E-state index in [1.54, 1.807) is 6.20 Å². The minimum Gasteiger partial charge on any atom is -0.379 e. The summed E-state index contributed by atoms with van der Waals surface area (Å²) in [5.41, 5.74) is 3.95. The highest BCUT2D eigenvalue weighted by atomic mass is 79.9. The van der Waals surface area contributed by atoms with Crippen LogP contribution in [-0.4, -0.2) is 52.6 Å². The van der Waals surface area contributed by atoms with Crippen LogP contribution in [0.4, 0.5) is 11.5 Å². The van der Waals surface area contributed by atoms with Crippen molar-refractivity contribution in [1.29, 1.82) is 0 Å². The zero-order valence-electron chi connectivity index (χ0n) is 15.4. The van der Waals surface area contributed by atoms with Crippen molar-refractivity contribution in [2.24, 2.45) is 0 Å². The van der Waals surface area contributed by atoms with Crippen molar-refractivity contribution in [2.45, 2.75) is 13.5 Å². The summed E-state index contributed by atoms with van der Waals surface area (Å²) in [5, 5.41) is 3.50. The van der Waals surface area contributed by atoms with Gasteiger partial charge in [-0.3, -0.25) is 9.97 Å². The largest absolute Gasteiger partial charge is 0.379 e. The lowest BCUT2D eigenvalue weighted by Crippen LogP contribution is -2.46. The van der Waals surface area contributed by atoms with E-state index in [-0.39, 0.29) is 0 Å². The Kier molecular flexibility index (Phi) is 5.50. The fraction of sp³-hybridized carbons (Fsp3) is 0.350. The highest BCUT2D eigenvalue weighted by Crippen LogP contribution is 2.23. The minimum absolute atomic E-state index is 0.724. The Morgan fingerprint density at radius 3 is 2.67 bits per heavy atom. The van der Waals surface area contributed by atoms with E-state index in [1.807, 2.05) is 24.5 Å². The summed E-state index contributed by atoms with van der Waals surface area (Å²) in [6, 6.07) is 8.19. The molecule has 0 aromatic carbocycles. The molecule has 1 aliphatic heterocycles. The molecule has 7 heteroatoms. The van der Waals surface area contributed by atoms with Gasteiger partial charge >= 0.3 is 0 Å². The van der Waals surface area contributed by atoms with Crippen LogP contribution >= 0.6 is 15.9 Å². The number of halogens is 1. The molecule has 3 aromatic rings. The lowest BCUT2D eigenvalue weighted by molar-refractivity contribution is 0.270. The van der Waals surface area contributed by atoms with Crippen molar-refractivity contribution >= 4 is 38.5 Å². The van der Waals surface area contributed by atoms with Gasteiger partial charge in [0, 0.05) is 55.8 Å². The van der Waals surface area contributed by atoms with E-state index in [4.69, 9.17) is 0 Å². The van der Waals surface area contributed by atoms with Crippen LogP contribution in [0.25, 0.3) is 11.0 Å². The highest BCUT2D eigenvalue weighted by Gasteiger charge is 2.16. The molecule has 1 fully saturated rings. The summed E-state index contributed by atoms with van der Waals surface area (Å²) in [4.78, 5) is 18.3. The number of piperazine rings is 1. The molecule has 4 heterocycles. The Labute approximate surface area is 167 Å². The molecule has 140 valence electrons. The molecule has 0 atom stereocenters. The molecule has 3 aromatic heterocycles. The van der Waals surface area contributed by atoms with Gasteiger partial charge in [0.2, 0.25) is 0 Å². The van der Waals surface area contributed by atoms with Crippen LogP contribution in [0.15, 0.2) is 47.3 Å². The summed E-state index contributed by atoms with van der Waals surface area (Å²) >= 11 is 3.45. The fourth-order valence-electron chi connectivity index (χ4n) is 3.38. The normalized spacial score (nSPS) is 15.3. The fourth-order valence-corrected chi connectivity index (χ4v) is 3.70. The maximum Gasteiger partial charge on any atom is 0.128 e. The molecule has 0 unspecified atom stereocenters. The average molecular weight is 427 g/mol. The second kappa shape index (κ2) is 8.19. The number of fused-ring (bicyclic) bond motifs is 1. The Hall–Kier alpha value is -2.25. The van der Waals surface area contributed by atoms with Gasteiger partial charge in [0.05, 0.1) is 11.2 Å². The smallest absolute Gasteiger partial charge is 0.128 e. The van der Waals surface area contributed by atoms with Crippen LogP contribution in [0.3, 0.4) is 0 Å². The first-order valence-electron chi connectivity index (χ1n) is 9.29. The topological polar surface area (TPSA) is 57.2 Å². The van der Waals surface area contributed by atoms with E-state index in [0.717, 1.165) is 66.3 Å². The number of likely N-dealkylation sites (N-methyl/N-ethyl adjacent to an activating group) is 1. The van der Waals surface area contributed by atoms with Crippen LogP contribution in [0.1, 0.15) is 12.5 Å². The van der Waals surface area contributed by atoms with Gasteiger partial charge in [-0.1, -0.05) is 6.92 Å². The maximum absolute atomic E-state index is 4.58. The van der Waals surface area contributed by atoms with Crippen molar-refractivity contribution in [3.63, 3.8) is 0 Å². The first kappa shape index (κ1) is 18.1. The van der Waals surface area contributed by atoms with Crippen molar-refractivity contribution in [2.75, 3.05) is 42.9 Å². The van der Waals surface area contributed by atoms with Crippen molar-refractivity contribution in [3.8, 4) is 0 Å². The molecule has 0 saturated carbocycles. The molecule has 6 nitrogen and oxygen atoms in total. The quantitative estimate of drug-likeness (QED) is 0.673. The molecule has 27 heavy (non-hydrogen) atoms. The van der Waals surface area contributed by atoms with E-state index in [9.17, 15) is 0 Å². The lowest BCUT2D eigenvalue weighted by atomic mass is 10.2. The average Bonchev–Trinajstić information content (AvgIpc) is 2.72. The van der Waals surface area contributed by atoms with Gasteiger partial charge in [0.1, 0.15) is 11.3 Å². The van der Waals surface area contributed by atoms with Crippen molar-refractivity contribution < 1.29 is 0 Å². The van der Waals surface area contributed by atoms with Gasteiger partial charge < -0.3 is 15.1 Å². The molecule has 1 N–H and O–H groups in total. The van der Waals surface area contributed by atoms with E-state index < -0.39 is 0 Å². The monoisotopic (exact) mass is 426 g/mol. The van der Waals surface area contributed by atoms with Gasteiger partial charge in [0.25, 0.3) is 0 Å². The Bertz CT molecular complexity index is 923. The summed E-state index contributed by atoms with van der Waals surface area (Å²) < 4.78 is 0.932. The molecule has 0 amide bonds. The molecular weight excluding hydrogens is 404 g/mol. The van der Waals surface area contributed by atoms with E-state index >= 15 is 0 Å². The van der Waals surface area contributed by atoms with E-state index in [1.165, 1.54) is 5.56 Å². The van der Waals surface area contributed by atoms with Crippen LogP contribution < -0.4 is 10.2 Å². The maximum atomic E-state index is 4.58. The molecule has 1 aliphatic rings. The van der Waals surface area contributed by atoms with Gasteiger partial charge in [0.15, 0.2) is 0 Å². The van der Waals surface area contributed by atoms with Gasteiger partial charge in [-0.25, -0.2) is 4.98 Å².